The predicted octanol–water partition coefficient (Wildman–Crippen LogP) is 4.84. The fourth-order valence-corrected chi connectivity index (χ4v) is 5.75. The number of hydrogen-bond donors (Lipinski definition) is 1. The normalized spacial score (nSPS) is 16.0. The molecular weight excluding hydrogens is 436 g/mol. The van der Waals surface area contributed by atoms with Gasteiger partial charge in [0.1, 0.15) is 0 Å². The third-order valence-corrected chi connectivity index (χ3v) is 8.15. The third-order valence-electron chi connectivity index (χ3n) is 6.34. The average Bonchev–Trinajstić information content (AvgIpc) is 3.34. The van der Waals surface area contributed by atoms with E-state index in [1.165, 1.54) is 0 Å². The van der Waals surface area contributed by atoms with Crippen LogP contribution < -0.4 is 0 Å². The first-order valence-corrected chi connectivity index (χ1v) is 13.2. The molecule has 1 fully saturated rings. The summed E-state index contributed by atoms with van der Waals surface area (Å²) in [6.45, 7) is 2.05. The average molecular weight is 469 g/mol. The van der Waals surface area contributed by atoms with Crippen molar-refractivity contribution in [1.82, 2.24) is 9.97 Å². The van der Waals surface area contributed by atoms with Gasteiger partial charge in [-0.25, -0.2) is 8.42 Å². The molecule has 0 saturated carbocycles. The SMILES string of the molecule is COCCCS(=O)(=O)c1ccc(C(CC2CCOCC2)c2ccc(-c3ccccn3)[nH]2)cc1. The maximum atomic E-state index is 12.7. The molecule has 3 heterocycles. The summed E-state index contributed by atoms with van der Waals surface area (Å²) >= 11 is 0. The number of nitrogens with zero attached hydrogens (tertiary/aromatic N) is 1. The standard InChI is InChI=1S/C26H32N2O4S/c1-31-15-4-18-33(29,30)22-8-6-21(7-9-22)23(19-20-12-16-32-17-13-20)24-10-11-26(28-24)25-5-2-3-14-27-25/h2-3,5-11,14,20,23,28H,4,12-13,15-19H2,1H3. The van der Waals surface area contributed by atoms with Gasteiger partial charge in [0.15, 0.2) is 9.84 Å². The van der Waals surface area contributed by atoms with Gasteiger partial charge in [-0.1, -0.05) is 18.2 Å². The molecular formula is C26H32N2O4S. The van der Waals surface area contributed by atoms with Gasteiger partial charge in [-0.15, -0.1) is 0 Å². The molecule has 3 aromatic rings. The van der Waals surface area contributed by atoms with Crippen molar-refractivity contribution in [1.29, 1.82) is 0 Å². The lowest BCUT2D eigenvalue weighted by Crippen LogP contribution is -2.19. The summed E-state index contributed by atoms with van der Waals surface area (Å²) in [5, 5.41) is 0. The van der Waals surface area contributed by atoms with E-state index in [0.29, 0.717) is 23.8 Å². The molecule has 1 atom stereocenters. The number of hydrogen-bond acceptors (Lipinski definition) is 5. The predicted molar refractivity (Wildman–Crippen MR) is 129 cm³/mol. The Morgan fingerprint density at radius 3 is 2.58 bits per heavy atom. The van der Waals surface area contributed by atoms with Gasteiger partial charge >= 0.3 is 0 Å². The number of ether oxygens (including phenoxy) is 2. The Bertz CT molecular complexity index is 1100. The van der Waals surface area contributed by atoms with Gasteiger partial charge in [0, 0.05) is 44.7 Å². The van der Waals surface area contributed by atoms with Crippen LogP contribution in [0.4, 0.5) is 0 Å². The topological polar surface area (TPSA) is 81.3 Å². The number of benzene rings is 1. The first-order valence-electron chi connectivity index (χ1n) is 11.6. The number of aromatic nitrogens is 2. The van der Waals surface area contributed by atoms with Gasteiger partial charge in [0.2, 0.25) is 0 Å². The first kappa shape index (κ1) is 23.7. The molecule has 1 aliphatic rings. The van der Waals surface area contributed by atoms with Crippen molar-refractivity contribution >= 4 is 9.84 Å². The zero-order valence-electron chi connectivity index (χ0n) is 19.1. The zero-order chi connectivity index (χ0) is 23.1. The van der Waals surface area contributed by atoms with Crippen LogP contribution in [0.3, 0.4) is 0 Å². The van der Waals surface area contributed by atoms with E-state index >= 15 is 0 Å². The summed E-state index contributed by atoms with van der Waals surface area (Å²) < 4.78 is 35.9. The Morgan fingerprint density at radius 2 is 1.88 bits per heavy atom. The van der Waals surface area contributed by atoms with Crippen molar-refractivity contribution in [2.75, 3.05) is 32.7 Å². The highest BCUT2D eigenvalue weighted by Gasteiger charge is 2.24. The summed E-state index contributed by atoms with van der Waals surface area (Å²) in [5.41, 5.74) is 4.13. The molecule has 176 valence electrons. The molecule has 1 N–H and O–H groups in total. The molecule has 2 aromatic heterocycles. The largest absolute Gasteiger partial charge is 0.385 e. The summed E-state index contributed by atoms with van der Waals surface area (Å²) in [7, 11) is -1.73. The minimum absolute atomic E-state index is 0.0930. The molecule has 1 unspecified atom stereocenters. The number of methoxy groups -OCH3 is 1. The van der Waals surface area contributed by atoms with Crippen LogP contribution in [-0.4, -0.2) is 51.1 Å². The Labute approximate surface area is 196 Å². The second kappa shape index (κ2) is 11.1. The van der Waals surface area contributed by atoms with Crippen LogP contribution >= 0.6 is 0 Å². The van der Waals surface area contributed by atoms with Crippen molar-refractivity contribution in [3.8, 4) is 11.4 Å². The fourth-order valence-electron chi connectivity index (χ4n) is 4.46. The number of aromatic amines is 1. The molecule has 1 aromatic carbocycles. The maximum Gasteiger partial charge on any atom is 0.178 e. The number of sulfone groups is 1. The van der Waals surface area contributed by atoms with Crippen LogP contribution in [0.15, 0.2) is 65.7 Å². The third kappa shape index (κ3) is 6.10. The van der Waals surface area contributed by atoms with Crippen LogP contribution in [0.5, 0.6) is 0 Å². The number of nitrogens with one attached hydrogen (secondary N) is 1. The van der Waals surface area contributed by atoms with Gasteiger partial charge < -0.3 is 14.5 Å². The molecule has 7 heteroatoms. The quantitative estimate of drug-likeness (QED) is 0.431. The molecule has 4 rings (SSSR count). The molecule has 1 saturated heterocycles. The van der Waals surface area contributed by atoms with Crippen LogP contribution in [0, 0.1) is 5.92 Å². The van der Waals surface area contributed by atoms with Crippen LogP contribution in [0.25, 0.3) is 11.4 Å². The first-order chi connectivity index (χ1) is 16.1. The minimum atomic E-state index is -3.31. The van der Waals surface area contributed by atoms with Crippen LogP contribution in [0.2, 0.25) is 0 Å². The lowest BCUT2D eigenvalue weighted by molar-refractivity contribution is 0.0626. The summed E-state index contributed by atoms with van der Waals surface area (Å²) in [6.07, 6.45) is 5.38. The molecule has 1 aliphatic heterocycles. The monoisotopic (exact) mass is 468 g/mol. The highest BCUT2D eigenvalue weighted by atomic mass is 32.2. The molecule has 0 amide bonds. The van der Waals surface area contributed by atoms with Gasteiger partial charge in [-0.3, -0.25) is 4.98 Å². The van der Waals surface area contributed by atoms with E-state index in [1.807, 2.05) is 30.3 Å². The lowest BCUT2D eigenvalue weighted by atomic mass is 9.83. The zero-order valence-corrected chi connectivity index (χ0v) is 19.9. The summed E-state index contributed by atoms with van der Waals surface area (Å²) in [5.74, 6) is 0.814. The van der Waals surface area contributed by atoms with E-state index in [0.717, 1.165) is 55.1 Å². The molecule has 0 radical (unpaired) electrons. The van der Waals surface area contributed by atoms with E-state index in [4.69, 9.17) is 9.47 Å². The van der Waals surface area contributed by atoms with Gasteiger partial charge in [0.25, 0.3) is 0 Å². The van der Waals surface area contributed by atoms with Crippen molar-refractivity contribution in [3.63, 3.8) is 0 Å². The lowest BCUT2D eigenvalue weighted by Gasteiger charge is -2.27. The molecule has 6 nitrogen and oxygen atoms in total. The molecule has 33 heavy (non-hydrogen) atoms. The minimum Gasteiger partial charge on any atom is -0.385 e. The highest BCUT2D eigenvalue weighted by Crippen LogP contribution is 2.35. The Balaban J connectivity index is 1.59. The van der Waals surface area contributed by atoms with Crippen molar-refractivity contribution in [2.45, 2.75) is 36.5 Å². The van der Waals surface area contributed by atoms with Crippen LogP contribution in [-0.2, 0) is 19.3 Å². The number of rotatable bonds is 10. The molecule has 0 aliphatic carbocycles. The molecule has 0 bridgehead atoms. The van der Waals surface area contributed by atoms with E-state index in [-0.39, 0.29) is 11.7 Å². The van der Waals surface area contributed by atoms with Crippen molar-refractivity contribution in [3.05, 3.63) is 72.1 Å². The van der Waals surface area contributed by atoms with Crippen molar-refractivity contribution < 1.29 is 17.9 Å². The Kier molecular flexibility index (Phi) is 7.96. The number of pyridine rings is 1. The maximum absolute atomic E-state index is 12.7. The van der Waals surface area contributed by atoms with Crippen LogP contribution in [0.1, 0.15) is 42.9 Å². The van der Waals surface area contributed by atoms with E-state index in [1.54, 1.807) is 25.4 Å². The second-order valence-corrected chi connectivity index (χ2v) is 10.7. The van der Waals surface area contributed by atoms with E-state index in [9.17, 15) is 8.42 Å². The summed E-state index contributed by atoms with van der Waals surface area (Å²) in [6, 6.07) is 17.5. The highest BCUT2D eigenvalue weighted by molar-refractivity contribution is 7.91. The Hall–Kier alpha value is -2.48. The van der Waals surface area contributed by atoms with Gasteiger partial charge in [0.05, 0.1) is 22.0 Å². The van der Waals surface area contributed by atoms with E-state index < -0.39 is 9.84 Å². The number of H-pyrrole nitrogens is 1. The molecule has 0 spiro atoms. The van der Waals surface area contributed by atoms with E-state index in [2.05, 4.69) is 22.1 Å². The Morgan fingerprint density at radius 1 is 1.09 bits per heavy atom. The smallest absolute Gasteiger partial charge is 0.178 e. The summed E-state index contributed by atoms with van der Waals surface area (Å²) in [4.78, 5) is 8.40. The van der Waals surface area contributed by atoms with Gasteiger partial charge in [-0.05, 0) is 73.6 Å². The second-order valence-electron chi connectivity index (χ2n) is 8.62. The van der Waals surface area contributed by atoms with Crippen molar-refractivity contribution in [2.24, 2.45) is 5.92 Å². The fraction of sp³-hybridized carbons (Fsp3) is 0.423. The van der Waals surface area contributed by atoms with Gasteiger partial charge in [-0.2, -0.15) is 0 Å².